The normalized spacial score (nSPS) is 14.6. The average Bonchev–Trinajstić information content (AvgIpc) is 2.89. The van der Waals surface area contributed by atoms with E-state index in [2.05, 4.69) is 26.3 Å². The summed E-state index contributed by atoms with van der Waals surface area (Å²) < 4.78 is 0. The summed E-state index contributed by atoms with van der Waals surface area (Å²) >= 11 is 0. The van der Waals surface area contributed by atoms with Crippen LogP contribution in [0.15, 0.2) is 18.7 Å². The number of imidazole rings is 2. The van der Waals surface area contributed by atoms with Gasteiger partial charge < -0.3 is 15.7 Å². The molecule has 0 aliphatic rings. The fraction of sp³-hybridized carbons (Fsp3) is 0.300. The molecular weight excluding hydrogens is 204 g/mol. The van der Waals surface area contributed by atoms with E-state index < -0.39 is 0 Å². The predicted octanol–water partition coefficient (Wildman–Crippen LogP) is 0.756. The number of rotatable bonds is 4. The monoisotopic (exact) mass is 217 g/mol. The van der Waals surface area contributed by atoms with Gasteiger partial charge >= 0.3 is 0 Å². The van der Waals surface area contributed by atoms with Crippen LogP contribution in [0.4, 0.5) is 0 Å². The summed E-state index contributed by atoms with van der Waals surface area (Å²) in [5.74, 6) is -0.192. The first-order valence-electron chi connectivity index (χ1n) is 4.94. The molecule has 0 aliphatic carbocycles. The summed E-state index contributed by atoms with van der Waals surface area (Å²) in [6, 6.07) is 0. The summed E-state index contributed by atoms with van der Waals surface area (Å²) in [5.41, 5.74) is 7.19. The maximum Gasteiger partial charge on any atom is 0.173 e. The van der Waals surface area contributed by atoms with E-state index in [0.29, 0.717) is 5.69 Å². The molecule has 5 N–H and O–H groups in total. The average molecular weight is 217 g/mol. The van der Waals surface area contributed by atoms with E-state index in [1.54, 1.807) is 18.7 Å². The summed E-state index contributed by atoms with van der Waals surface area (Å²) in [5, 5.41) is 7.63. The van der Waals surface area contributed by atoms with Crippen LogP contribution in [0.2, 0.25) is 0 Å². The number of hydrogen-bond acceptors (Lipinski definition) is 3. The van der Waals surface area contributed by atoms with Gasteiger partial charge in [0.2, 0.25) is 0 Å². The minimum atomic E-state index is -0.272. The fourth-order valence-corrected chi connectivity index (χ4v) is 1.77. The highest BCUT2D eigenvalue weighted by molar-refractivity contribution is 5.85. The van der Waals surface area contributed by atoms with Gasteiger partial charge in [-0.25, -0.2) is 9.97 Å². The van der Waals surface area contributed by atoms with Crippen LogP contribution < -0.4 is 5.73 Å². The number of amidine groups is 1. The Morgan fingerprint density at radius 3 is 2.81 bits per heavy atom. The molecule has 0 aromatic carbocycles. The van der Waals surface area contributed by atoms with Gasteiger partial charge in [-0.3, -0.25) is 5.41 Å². The summed E-state index contributed by atoms with van der Waals surface area (Å²) in [7, 11) is 0. The van der Waals surface area contributed by atoms with Gasteiger partial charge in [0.15, 0.2) is 6.33 Å². The van der Waals surface area contributed by atoms with Crippen molar-refractivity contribution in [1.29, 1.82) is 5.41 Å². The van der Waals surface area contributed by atoms with Gasteiger partial charge in [-0.15, -0.1) is 0 Å². The van der Waals surface area contributed by atoms with E-state index >= 15 is 0 Å². The molecule has 6 heteroatoms. The molecule has 0 fully saturated rings. The Hall–Kier alpha value is -2.11. The van der Waals surface area contributed by atoms with Gasteiger partial charge in [0.05, 0.1) is 23.6 Å². The molecule has 0 spiro atoms. The van der Waals surface area contributed by atoms with Crippen molar-refractivity contribution in [3.05, 3.63) is 36.4 Å². The highest BCUT2D eigenvalue weighted by Crippen LogP contribution is 2.29. The van der Waals surface area contributed by atoms with Crippen LogP contribution >= 0.6 is 0 Å². The van der Waals surface area contributed by atoms with Crippen LogP contribution in [0.1, 0.15) is 30.1 Å². The van der Waals surface area contributed by atoms with Crippen molar-refractivity contribution in [3.63, 3.8) is 0 Å². The zero-order chi connectivity index (χ0) is 11.5. The SMILES string of the molecule is CC(c1c[nH]cn1)C(C(=N)N)c1c[nH][c]n1. The molecule has 1 radical (unpaired) electrons. The lowest BCUT2D eigenvalue weighted by Crippen LogP contribution is -2.25. The predicted molar refractivity (Wildman–Crippen MR) is 59.1 cm³/mol. The standard InChI is InChI=1S/C10H13N6/c1-6(7-2-13-4-15-7)9(10(11)12)8-3-14-5-16-8/h2-4,6,9H,1H3,(H3,11,12)(H,13,15)(H,14,16). The molecule has 0 saturated carbocycles. The Morgan fingerprint density at radius 2 is 2.31 bits per heavy atom. The Bertz CT molecular complexity index is 444. The number of nitrogens with two attached hydrogens (primary N) is 1. The van der Waals surface area contributed by atoms with Crippen LogP contribution in [0.5, 0.6) is 0 Å². The van der Waals surface area contributed by atoms with Crippen molar-refractivity contribution in [2.24, 2.45) is 5.73 Å². The lowest BCUT2D eigenvalue weighted by atomic mass is 9.88. The second-order valence-electron chi connectivity index (χ2n) is 3.65. The number of nitrogens with one attached hydrogen (secondary N) is 3. The van der Waals surface area contributed by atoms with Gasteiger partial charge in [-0.2, -0.15) is 0 Å². The van der Waals surface area contributed by atoms with Crippen LogP contribution in [0.3, 0.4) is 0 Å². The maximum absolute atomic E-state index is 7.63. The Kier molecular flexibility index (Phi) is 2.72. The number of aromatic nitrogens is 4. The topological polar surface area (TPSA) is 107 Å². The highest BCUT2D eigenvalue weighted by atomic mass is 14.9. The van der Waals surface area contributed by atoms with Crippen LogP contribution in [0.25, 0.3) is 0 Å². The van der Waals surface area contributed by atoms with Crippen molar-refractivity contribution < 1.29 is 0 Å². The molecule has 2 aromatic heterocycles. The lowest BCUT2D eigenvalue weighted by molar-refractivity contribution is 0.667. The summed E-state index contributed by atoms with van der Waals surface area (Å²) in [6.07, 6.45) is 7.73. The number of aromatic amines is 2. The molecule has 6 nitrogen and oxygen atoms in total. The van der Waals surface area contributed by atoms with Gasteiger partial charge in [0.25, 0.3) is 0 Å². The first kappa shape index (κ1) is 10.4. The summed E-state index contributed by atoms with van der Waals surface area (Å²) in [4.78, 5) is 13.8. The Labute approximate surface area is 92.8 Å². The molecule has 0 bridgehead atoms. The number of hydrogen-bond donors (Lipinski definition) is 4. The van der Waals surface area contributed by atoms with E-state index in [1.165, 1.54) is 0 Å². The molecule has 2 aromatic rings. The number of nitrogens with zero attached hydrogens (tertiary/aromatic N) is 2. The van der Waals surface area contributed by atoms with Crippen LogP contribution in [0, 0.1) is 11.7 Å². The first-order chi connectivity index (χ1) is 7.70. The molecular formula is C10H13N6. The largest absolute Gasteiger partial charge is 0.387 e. The van der Waals surface area contributed by atoms with Crippen LogP contribution in [-0.2, 0) is 0 Å². The highest BCUT2D eigenvalue weighted by Gasteiger charge is 2.26. The molecule has 0 aliphatic heterocycles. The third-order valence-electron chi connectivity index (χ3n) is 2.61. The maximum atomic E-state index is 7.63. The summed E-state index contributed by atoms with van der Waals surface area (Å²) in [6.45, 7) is 1.97. The minimum Gasteiger partial charge on any atom is -0.387 e. The van der Waals surface area contributed by atoms with E-state index in [-0.39, 0.29) is 17.7 Å². The lowest BCUT2D eigenvalue weighted by Gasteiger charge is -2.19. The molecule has 0 amide bonds. The van der Waals surface area contributed by atoms with E-state index in [1.807, 2.05) is 6.92 Å². The fourth-order valence-electron chi connectivity index (χ4n) is 1.77. The van der Waals surface area contributed by atoms with Crippen LogP contribution in [-0.4, -0.2) is 25.8 Å². The van der Waals surface area contributed by atoms with Gasteiger partial charge in [0.1, 0.15) is 5.84 Å². The molecule has 2 rings (SSSR count). The molecule has 16 heavy (non-hydrogen) atoms. The second-order valence-corrected chi connectivity index (χ2v) is 3.65. The second kappa shape index (κ2) is 4.18. The van der Waals surface area contributed by atoms with Crippen molar-refractivity contribution in [2.75, 3.05) is 0 Å². The van der Waals surface area contributed by atoms with Crippen molar-refractivity contribution in [3.8, 4) is 0 Å². The third-order valence-corrected chi connectivity index (χ3v) is 2.61. The Morgan fingerprint density at radius 1 is 1.50 bits per heavy atom. The van der Waals surface area contributed by atoms with E-state index in [4.69, 9.17) is 11.1 Å². The quantitative estimate of drug-likeness (QED) is 0.448. The number of H-pyrrole nitrogens is 2. The first-order valence-corrected chi connectivity index (χ1v) is 4.94. The van der Waals surface area contributed by atoms with Crippen molar-refractivity contribution in [1.82, 2.24) is 19.9 Å². The Balaban J connectivity index is 2.31. The van der Waals surface area contributed by atoms with Gasteiger partial charge in [0, 0.05) is 18.3 Å². The minimum absolute atomic E-state index is 0.000417. The van der Waals surface area contributed by atoms with Crippen molar-refractivity contribution in [2.45, 2.75) is 18.8 Å². The molecule has 2 unspecified atom stereocenters. The van der Waals surface area contributed by atoms with E-state index in [9.17, 15) is 0 Å². The smallest absolute Gasteiger partial charge is 0.173 e. The zero-order valence-corrected chi connectivity index (χ0v) is 8.86. The molecule has 2 heterocycles. The third kappa shape index (κ3) is 1.81. The van der Waals surface area contributed by atoms with Gasteiger partial charge in [-0.1, -0.05) is 6.92 Å². The molecule has 83 valence electrons. The van der Waals surface area contributed by atoms with E-state index in [0.717, 1.165) is 5.69 Å². The van der Waals surface area contributed by atoms with Crippen molar-refractivity contribution >= 4 is 5.84 Å². The molecule has 0 saturated heterocycles. The molecule has 2 atom stereocenters. The van der Waals surface area contributed by atoms with Gasteiger partial charge in [-0.05, 0) is 0 Å². The zero-order valence-electron chi connectivity index (χ0n) is 8.86.